The SMILES string of the molecule is CC/C=C\C/C=C\C/C=C\C/C=C\C/C=C\CCCCCCCCCC(=O)OCC(COC(=O)CCCCCCC/C=C\CCCCCCCCC)OC(=O)CCCCCCCCCCCCCCCCCCC. The molecule has 0 amide bonds. The third-order valence-electron chi connectivity index (χ3n) is 13.9. The summed E-state index contributed by atoms with van der Waals surface area (Å²) in [5.74, 6) is -0.882. The molecular formula is C68H120O6. The third kappa shape index (κ3) is 59.7. The van der Waals surface area contributed by atoms with Gasteiger partial charge in [0.25, 0.3) is 0 Å². The summed E-state index contributed by atoms with van der Waals surface area (Å²) < 4.78 is 16.9. The molecule has 0 N–H and O–H groups in total. The van der Waals surface area contributed by atoms with Crippen LogP contribution < -0.4 is 0 Å². The molecule has 0 aromatic heterocycles. The minimum Gasteiger partial charge on any atom is -0.462 e. The van der Waals surface area contributed by atoms with E-state index in [1.54, 1.807) is 0 Å². The van der Waals surface area contributed by atoms with Gasteiger partial charge in [0.1, 0.15) is 13.2 Å². The van der Waals surface area contributed by atoms with Crippen molar-refractivity contribution in [2.24, 2.45) is 0 Å². The molecule has 6 nitrogen and oxygen atoms in total. The first-order valence-corrected chi connectivity index (χ1v) is 31.9. The van der Waals surface area contributed by atoms with Gasteiger partial charge >= 0.3 is 17.9 Å². The van der Waals surface area contributed by atoms with Gasteiger partial charge in [0, 0.05) is 19.3 Å². The van der Waals surface area contributed by atoms with Gasteiger partial charge in [-0.3, -0.25) is 14.4 Å². The third-order valence-corrected chi connectivity index (χ3v) is 13.9. The number of hydrogen-bond donors (Lipinski definition) is 0. The Morgan fingerprint density at radius 1 is 0.284 bits per heavy atom. The average molecular weight is 1030 g/mol. The second kappa shape index (κ2) is 62.4. The lowest BCUT2D eigenvalue weighted by Gasteiger charge is -2.18. The van der Waals surface area contributed by atoms with Crippen molar-refractivity contribution in [2.45, 2.75) is 329 Å². The van der Waals surface area contributed by atoms with Gasteiger partial charge in [0.15, 0.2) is 6.10 Å². The molecule has 0 radical (unpaired) electrons. The van der Waals surface area contributed by atoms with Crippen molar-refractivity contribution in [3.63, 3.8) is 0 Å². The zero-order chi connectivity index (χ0) is 53.6. The molecule has 0 rings (SSSR count). The molecule has 0 aliphatic heterocycles. The van der Waals surface area contributed by atoms with Crippen molar-refractivity contribution in [3.05, 3.63) is 72.9 Å². The topological polar surface area (TPSA) is 78.9 Å². The molecule has 0 aliphatic rings. The van der Waals surface area contributed by atoms with E-state index in [2.05, 4.69) is 93.7 Å². The lowest BCUT2D eigenvalue weighted by molar-refractivity contribution is -0.167. The van der Waals surface area contributed by atoms with E-state index >= 15 is 0 Å². The summed E-state index contributed by atoms with van der Waals surface area (Å²) >= 11 is 0. The van der Waals surface area contributed by atoms with Crippen molar-refractivity contribution >= 4 is 17.9 Å². The van der Waals surface area contributed by atoms with Crippen LogP contribution in [0.15, 0.2) is 72.9 Å². The number of carbonyl (C=O) groups is 3. The van der Waals surface area contributed by atoms with E-state index in [0.717, 1.165) is 103 Å². The molecule has 6 heteroatoms. The highest BCUT2D eigenvalue weighted by Crippen LogP contribution is 2.17. The predicted molar refractivity (Wildman–Crippen MR) is 321 cm³/mol. The maximum Gasteiger partial charge on any atom is 0.306 e. The molecule has 1 atom stereocenters. The Morgan fingerprint density at radius 2 is 0.527 bits per heavy atom. The Balaban J connectivity index is 4.37. The van der Waals surface area contributed by atoms with Crippen LogP contribution in [0.5, 0.6) is 0 Å². The summed E-state index contributed by atoms with van der Waals surface area (Å²) in [6.07, 6.45) is 80.4. The number of esters is 3. The lowest BCUT2D eigenvalue weighted by Crippen LogP contribution is -2.30. The standard InChI is InChI=1S/C68H120O6/c1-4-7-10-13-16-19-22-25-28-31-32-33-34-35-36-38-40-43-46-49-52-55-58-61-67(70)73-64-65(63-72-66(69)60-57-54-51-48-45-42-39-30-27-24-21-18-15-12-9-6-3)74-68(71)62-59-56-53-50-47-44-41-37-29-26-23-20-17-14-11-8-5-2/h7,10,16,19,25,28,30,32-33,35-36,39,65H,4-6,8-9,11-15,17-18,20-24,26-27,29,31,34,37-38,40-64H2,1-3H3/b10-7-,19-16-,28-25-,33-32-,36-35-,39-30-. The molecule has 0 aliphatic carbocycles. The number of rotatable bonds is 58. The van der Waals surface area contributed by atoms with Crippen LogP contribution in [0.4, 0.5) is 0 Å². The van der Waals surface area contributed by atoms with E-state index in [-0.39, 0.29) is 31.1 Å². The summed E-state index contributed by atoms with van der Waals surface area (Å²) in [5.41, 5.74) is 0. The van der Waals surface area contributed by atoms with Crippen molar-refractivity contribution in [1.29, 1.82) is 0 Å². The van der Waals surface area contributed by atoms with Crippen molar-refractivity contribution in [3.8, 4) is 0 Å². The molecule has 0 spiro atoms. The van der Waals surface area contributed by atoms with E-state index in [1.807, 2.05) is 0 Å². The Kier molecular flexibility index (Phi) is 59.7. The molecule has 428 valence electrons. The minimum atomic E-state index is -0.783. The van der Waals surface area contributed by atoms with Gasteiger partial charge in [-0.05, 0) is 89.9 Å². The highest BCUT2D eigenvalue weighted by molar-refractivity contribution is 5.71. The van der Waals surface area contributed by atoms with Crippen LogP contribution in [0.1, 0.15) is 323 Å². The first-order valence-electron chi connectivity index (χ1n) is 31.9. The summed E-state index contributed by atoms with van der Waals surface area (Å²) in [5, 5.41) is 0. The molecular weight excluding hydrogens is 913 g/mol. The van der Waals surface area contributed by atoms with E-state index in [1.165, 1.54) is 180 Å². The van der Waals surface area contributed by atoms with Crippen molar-refractivity contribution < 1.29 is 28.6 Å². The quantitative estimate of drug-likeness (QED) is 0.0261. The Hall–Kier alpha value is -3.15. The normalized spacial score (nSPS) is 12.5. The Labute approximate surface area is 459 Å². The van der Waals surface area contributed by atoms with Crippen molar-refractivity contribution in [1.82, 2.24) is 0 Å². The number of carbonyl (C=O) groups excluding carboxylic acids is 3. The van der Waals surface area contributed by atoms with Gasteiger partial charge in [-0.1, -0.05) is 286 Å². The highest BCUT2D eigenvalue weighted by Gasteiger charge is 2.19. The predicted octanol–water partition coefficient (Wildman–Crippen LogP) is 21.7. The van der Waals surface area contributed by atoms with Crippen LogP contribution in [-0.2, 0) is 28.6 Å². The number of unbranched alkanes of at least 4 members (excludes halogenated alkanes) is 35. The van der Waals surface area contributed by atoms with Crippen LogP contribution in [0.2, 0.25) is 0 Å². The zero-order valence-corrected chi connectivity index (χ0v) is 49.1. The van der Waals surface area contributed by atoms with Crippen LogP contribution >= 0.6 is 0 Å². The summed E-state index contributed by atoms with van der Waals surface area (Å²) in [6.45, 7) is 6.55. The van der Waals surface area contributed by atoms with Gasteiger partial charge < -0.3 is 14.2 Å². The van der Waals surface area contributed by atoms with Crippen LogP contribution in [0.25, 0.3) is 0 Å². The van der Waals surface area contributed by atoms with Gasteiger partial charge in [-0.25, -0.2) is 0 Å². The maximum absolute atomic E-state index is 12.9. The highest BCUT2D eigenvalue weighted by atomic mass is 16.6. The fourth-order valence-corrected chi connectivity index (χ4v) is 9.17. The first kappa shape index (κ1) is 70.8. The monoisotopic (exact) mass is 1030 g/mol. The van der Waals surface area contributed by atoms with E-state index in [0.29, 0.717) is 19.3 Å². The molecule has 0 fully saturated rings. The number of hydrogen-bond acceptors (Lipinski definition) is 6. The molecule has 0 heterocycles. The lowest BCUT2D eigenvalue weighted by atomic mass is 10.0. The molecule has 74 heavy (non-hydrogen) atoms. The van der Waals surface area contributed by atoms with Crippen LogP contribution in [0, 0.1) is 0 Å². The van der Waals surface area contributed by atoms with E-state index in [4.69, 9.17) is 14.2 Å². The average Bonchev–Trinajstić information content (AvgIpc) is 3.40. The number of allylic oxidation sites excluding steroid dienone is 12. The largest absolute Gasteiger partial charge is 0.462 e. The Bertz CT molecular complexity index is 1370. The summed E-state index contributed by atoms with van der Waals surface area (Å²) in [6, 6.07) is 0. The summed E-state index contributed by atoms with van der Waals surface area (Å²) in [4.78, 5) is 38.3. The van der Waals surface area contributed by atoms with E-state index in [9.17, 15) is 14.4 Å². The summed E-state index contributed by atoms with van der Waals surface area (Å²) in [7, 11) is 0. The molecule has 0 saturated heterocycles. The van der Waals surface area contributed by atoms with Crippen LogP contribution in [-0.4, -0.2) is 37.2 Å². The fourth-order valence-electron chi connectivity index (χ4n) is 9.17. The smallest absolute Gasteiger partial charge is 0.306 e. The van der Waals surface area contributed by atoms with Gasteiger partial charge in [-0.15, -0.1) is 0 Å². The molecule has 0 aromatic rings. The van der Waals surface area contributed by atoms with Gasteiger partial charge in [0.05, 0.1) is 0 Å². The molecule has 0 saturated carbocycles. The molecule has 0 bridgehead atoms. The maximum atomic E-state index is 12.9. The van der Waals surface area contributed by atoms with Gasteiger partial charge in [0.2, 0.25) is 0 Å². The first-order chi connectivity index (χ1) is 36.5. The molecule has 0 aromatic carbocycles. The van der Waals surface area contributed by atoms with Gasteiger partial charge in [-0.2, -0.15) is 0 Å². The van der Waals surface area contributed by atoms with Crippen molar-refractivity contribution in [2.75, 3.05) is 13.2 Å². The second-order valence-electron chi connectivity index (χ2n) is 21.3. The van der Waals surface area contributed by atoms with E-state index < -0.39 is 6.10 Å². The second-order valence-corrected chi connectivity index (χ2v) is 21.3. The van der Waals surface area contributed by atoms with Crippen LogP contribution in [0.3, 0.4) is 0 Å². The minimum absolute atomic E-state index is 0.0802. The Morgan fingerprint density at radius 3 is 0.838 bits per heavy atom. The fraction of sp³-hybridized carbons (Fsp3) is 0.779. The number of ether oxygens (including phenoxy) is 3. The zero-order valence-electron chi connectivity index (χ0n) is 49.1. The molecule has 1 unspecified atom stereocenters.